The zero-order valence-electron chi connectivity index (χ0n) is 10.3. The maximum atomic E-state index is 9.95. The van der Waals surface area contributed by atoms with Crippen LogP contribution in [0, 0.1) is 0 Å². The van der Waals surface area contributed by atoms with Gasteiger partial charge in [0.05, 0.1) is 25.9 Å². The van der Waals surface area contributed by atoms with Crippen molar-refractivity contribution in [1.29, 1.82) is 0 Å². The molecule has 0 saturated heterocycles. The predicted octanol–water partition coefficient (Wildman–Crippen LogP) is 1.52. The molecule has 17 heavy (non-hydrogen) atoms. The van der Waals surface area contributed by atoms with E-state index in [9.17, 15) is 10.2 Å². The second-order valence-corrected chi connectivity index (χ2v) is 3.98. The lowest BCUT2D eigenvalue weighted by atomic mass is 10.0. The Balaban J connectivity index is 2.48. The molecule has 0 saturated carbocycles. The summed E-state index contributed by atoms with van der Waals surface area (Å²) in [6.45, 7) is 0.296. The van der Waals surface area contributed by atoms with E-state index in [1.807, 2.05) is 18.2 Å². The fourth-order valence-electron chi connectivity index (χ4n) is 1.64. The van der Waals surface area contributed by atoms with Crippen molar-refractivity contribution in [1.82, 2.24) is 0 Å². The molecule has 0 bridgehead atoms. The highest BCUT2D eigenvalue weighted by Gasteiger charge is 2.11. The zero-order chi connectivity index (χ0) is 12.7. The summed E-state index contributed by atoms with van der Waals surface area (Å²) in [6, 6.07) is 7.31. The maximum Gasteiger partial charge on any atom is 0.119 e. The summed E-state index contributed by atoms with van der Waals surface area (Å²) >= 11 is 0. The van der Waals surface area contributed by atoms with E-state index in [1.165, 1.54) is 0 Å². The van der Waals surface area contributed by atoms with Gasteiger partial charge in [-0.15, -0.1) is 0 Å². The number of aliphatic hydroxyl groups is 2. The van der Waals surface area contributed by atoms with Crippen molar-refractivity contribution in [2.75, 3.05) is 20.8 Å². The summed E-state index contributed by atoms with van der Waals surface area (Å²) in [5, 5.41) is 19.4. The van der Waals surface area contributed by atoms with Gasteiger partial charge in [-0.2, -0.15) is 0 Å². The molecule has 2 N–H and O–H groups in total. The third-order valence-corrected chi connectivity index (χ3v) is 2.61. The second-order valence-electron chi connectivity index (χ2n) is 3.98. The highest BCUT2D eigenvalue weighted by atomic mass is 16.5. The van der Waals surface area contributed by atoms with Gasteiger partial charge in [0.25, 0.3) is 0 Å². The summed E-state index contributed by atoms with van der Waals surface area (Å²) in [6.07, 6.45) is -0.110. The number of hydrogen-bond donors (Lipinski definition) is 2. The molecule has 0 aliphatic heterocycles. The Bertz CT molecular complexity index is 327. The number of aliphatic hydroxyl groups excluding tert-OH is 2. The van der Waals surface area contributed by atoms with E-state index in [0.717, 1.165) is 11.3 Å². The molecule has 0 aromatic heterocycles. The van der Waals surface area contributed by atoms with Crippen LogP contribution in [0.4, 0.5) is 0 Å². The van der Waals surface area contributed by atoms with Crippen molar-refractivity contribution in [2.24, 2.45) is 0 Å². The topological polar surface area (TPSA) is 58.9 Å². The third kappa shape index (κ3) is 4.73. The molecular formula is C13H20O4. The molecule has 0 aliphatic rings. The lowest BCUT2D eigenvalue weighted by Crippen LogP contribution is -2.15. The molecule has 1 rings (SSSR count). The highest BCUT2D eigenvalue weighted by molar-refractivity contribution is 5.29. The molecule has 0 spiro atoms. The minimum absolute atomic E-state index is 0.296. The second kappa shape index (κ2) is 7.27. The smallest absolute Gasteiger partial charge is 0.119 e. The van der Waals surface area contributed by atoms with Gasteiger partial charge in [0, 0.05) is 7.11 Å². The van der Waals surface area contributed by atoms with E-state index in [1.54, 1.807) is 20.3 Å². The summed E-state index contributed by atoms with van der Waals surface area (Å²) in [4.78, 5) is 0. The molecule has 2 atom stereocenters. The number of rotatable bonds is 7. The molecule has 1 aromatic carbocycles. The van der Waals surface area contributed by atoms with Crippen molar-refractivity contribution in [3.05, 3.63) is 29.8 Å². The Morgan fingerprint density at radius 1 is 1.18 bits per heavy atom. The minimum atomic E-state index is -0.586. The first-order valence-electron chi connectivity index (χ1n) is 5.66. The average Bonchev–Trinajstić information content (AvgIpc) is 2.36. The number of benzene rings is 1. The van der Waals surface area contributed by atoms with Crippen LogP contribution in [0.5, 0.6) is 5.75 Å². The Labute approximate surface area is 102 Å². The predicted molar refractivity (Wildman–Crippen MR) is 65.1 cm³/mol. The fraction of sp³-hybridized carbons (Fsp3) is 0.538. The molecule has 4 nitrogen and oxygen atoms in total. The van der Waals surface area contributed by atoms with Crippen molar-refractivity contribution < 1.29 is 19.7 Å². The highest BCUT2D eigenvalue weighted by Crippen LogP contribution is 2.23. The van der Waals surface area contributed by atoms with Crippen LogP contribution in [0.1, 0.15) is 24.5 Å². The van der Waals surface area contributed by atoms with Gasteiger partial charge in [-0.1, -0.05) is 12.1 Å². The lowest BCUT2D eigenvalue weighted by molar-refractivity contribution is 0.0460. The van der Waals surface area contributed by atoms with Gasteiger partial charge in [-0.05, 0) is 30.5 Å². The molecular weight excluding hydrogens is 220 g/mol. The molecule has 0 amide bonds. The van der Waals surface area contributed by atoms with Crippen molar-refractivity contribution in [3.8, 4) is 5.75 Å². The van der Waals surface area contributed by atoms with Crippen LogP contribution >= 0.6 is 0 Å². The fourth-order valence-corrected chi connectivity index (χ4v) is 1.64. The number of ether oxygens (including phenoxy) is 2. The van der Waals surface area contributed by atoms with Crippen LogP contribution in [0.25, 0.3) is 0 Å². The first-order chi connectivity index (χ1) is 8.17. The summed E-state index contributed by atoms with van der Waals surface area (Å²) in [7, 11) is 3.13. The quantitative estimate of drug-likeness (QED) is 0.758. The van der Waals surface area contributed by atoms with Gasteiger partial charge in [-0.25, -0.2) is 0 Å². The summed E-state index contributed by atoms with van der Waals surface area (Å²) in [5.74, 6) is 0.721. The Morgan fingerprint density at radius 2 is 1.94 bits per heavy atom. The van der Waals surface area contributed by atoms with Crippen LogP contribution < -0.4 is 4.74 Å². The molecule has 96 valence electrons. The standard InChI is InChI=1S/C13H20O4/c1-16-9-11(14)6-7-13(15)10-4-3-5-12(8-10)17-2/h3-5,8,11,13-15H,6-7,9H2,1-2H3. The molecule has 0 radical (unpaired) electrons. The van der Waals surface area contributed by atoms with E-state index >= 15 is 0 Å². The van der Waals surface area contributed by atoms with E-state index in [-0.39, 0.29) is 0 Å². The molecule has 4 heteroatoms. The first-order valence-corrected chi connectivity index (χ1v) is 5.66. The van der Waals surface area contributed by atoms with E-state index in [4.69, 9.17) is 9.47 Å². The normalized spacial score (nSPS) is 14.4. The van der Waals surface area contributed by atoms with Crippen LogP contribution in [0.15, 0.2) is 24.3 Å². The van der Waals surface area contributed by atoms with Gasteiger partial charge in [0.15, 0.2) is 0 Å². The lowest BCUT2D eigenvalue weighted by Gasteiger charge is -2.14. The van der Waals surface area contributed by atoms with Crippen molar-refractivity contribution in [3.63, 3.8) is 0 Å². The van der Waals surface area contributed by atoms with Gasteiger partial charge in [-0.3, -0.25) is 0 Å². The molecule has 0 heterocycles. The monoisotopic (exact) mass is 240 g/mol. The van der Waals surface area contributed by atoms with E-state index in [2.05, 4.69) is 0 Å². The first kappa shape index (κ1) is 14.0. The zero-order valence-corrected chi connectivity index (χ0v) is 10.3. The Morgan fingerprint density at radius 3 is 2.59 bits per heavy atom. The van der Waals surface area contributed by atoms with Crippen molar-refractivity contribution >= 4 is 0 Å². The molecule has 0 fully saturated rings. The number of methoxy groups -OCH3 is 2. The minimum Gasteiger partial charge on any atom is -0.497 e. The molecule has 1 aromatic rings. The largest absolute Gasteiger partial charge is 0.497 e. The summed E-state index contributed by atoms with van der Waals surface area (Å²) in [5.41, 5.74) is 0.800. The van der Waals surface area contributed by atoms with E-state index < -0.39 is 12.2 Å². The van der Waals surface area contributed by atoms with E-state index in [0.29, 0.717) is 19.4 Å². The van der Waals surface area contributed by atoms with Gasteiger partial charge in [0.2, 0.25) is 0 Å². The Hall–Kier alpha value is -1.10. The third-order valence-electron chi connectivity index (χ3n) is 2.61. The van der Waals surface area contributed by atoms with Gasteiger partial charge in [0.1, 0.15) is 5.75 Å². The Kier molecular flexibility index (Phi) is 5.97. The summed E-state index contributed by atoms with van der Waals surface area (Å²) < 4.78 is 9.92. The molecule has 0 aliphatic carbocycles. The van der Waals surface area contributed by atoms with Crippen LogP contribution in [-0.4, -0.2) is 37.1 Å². The van der Waals surface area contributed by atoms with Crippen LogP contribution in [0.3, 0.4) is 0 Å². The van der Waals surface area contributed by atoms with Crippen LogP contribution in [0.2, 0.25) is 0 Å². The maximum absolute atomic E-state index is 9.95. The average molecular weight is 240 g/mol. The molecule has 2 unspecified atom stereocenters. The van der Waals surface area contributed by atoms with Crippen LogP contribution in [-0.2, 0) is 4.74 Å². The number of hydrogen-bond acceptors (Lipinski definition) is 4. The van der Waals surface area contributed by atoms with Crippen molar-refractivity contribution in [2.45, 2.75) is 25.0 Å². The SMILES string of the molecule is COCC(O)CCC(O)c1cccc(OC)c1. The van der Waals surface area contributed by atoms with Gasteiger partial charge >= 0.3 is 0 Å². The van der Waals surface area contributed by atoms with Gasteiger partial charge < -0.3 is 19.7 Å².